The molecule has 1 aromatic carbocycles. The van der Waals surface area contributed by atoms with Gasteiger partial charge in [-0.25, -0.2) is 17.5 Å². The summed E-state index contributed by atoms with van der Waals surface area (Å²) in [5.74, 6) is -0.366. The van der Waals surface area contributed by atoms with E-state index in [4.69, 9.17) is 16.3 Å². The number of rotatable bonds is 4. The minimum Gasteiger partial charge on any atom is -0.450 e. The molecular formula is C16H22ClN3O5S. The highest BCUT2D eigenvalue weighted by Crippen LogP contribution is 2.24. The van der Waals surface area contributed by atoms with Crippen LogP contribution in [0.5, 0.6) is 0 Å². The fraction of sp³-hybridized carbons (Fsp3) is 0.500. The number of hydrogen-bond donors (Lipinski definition) is 0. The number of benzene rings is 1. The smallest absolute Gasteiger partial charge is 0.409 e. The van der Waals surface area contributed by atoms with Crippen molar-refractivity contribution in [1.29, 1.82) is 0 Å². The van der Waals surface area contributed by atoms with E-state index < -0.39 is 16.1 Å². The summed E-state index contributed by atoms with van der Waals surface area (Å²) in [6.45, 7) is 3.35. The summed E-state index contributed by atoms with van der Waals surface area (Å²) in [6.07, 6.45) is -0.406. The zero-order valence-corrected chi connectivity index (χ0v) is 16.5. The Morgan fingerprint density at radius 2 is 1.73 bits per heavy atom. The lowest BCUT2D eigenvalue weighted by Crippen LogP contribution is -2.50. The van der Waals surface area contributed by atoms with Gasteiger partial charge in [0.25, 0.3) is 5.91 Å². The van der Waals surface area contributed by atoms with E-state index in [1.54, 1.807) is 11.8 Å². The summed E-state index contributed by atoms with van der Waals surface area (Å²) in [6, 6.07) is 4.06. The highest BCUT2D eigenvalue weighted by atomic mass is 35.5. The third-order valence-corrected chi connectivity index (χ3v) is 6.18. The number of sulfonamides is 1. The molecule has 0 atom stereocenters. The molecule has 0 saturated carbocycles. The van der Waals surface area contributed by atoms with Crippen LogP contribution in [-0.2, 0) is 14.8 Å². The number of carbonyl (C=O) groups excluding carboxylic acids is 2. The fourth-order valence-electron chi connectivity index (χ4n) is 2.52. The molecule has 1 fully saturated rings. The van der Waals surface area contributed by atoms with E-state index in [1.807, 2.05) is 0 Å². The van der Waals surface area contributed by atoms with Crippen molar-refractivity contribution in [1.82, 2.24) is 14.1 Å². The van der Waals surface area contributed by atoms with E-state index in [2.05, 4.69) is 0 Å². The highest BCUT2D eigenvalue weighted by Gasteiger charge is 2.28. The van der Waals surface area contributed by atoms with Crippen molar-refractivity contribution in [3.05, 3.63) is 28.8 Å². The average molecular weight is 404 g/mol. The Bertz CT molecular complexity index is 789. The van der Waals surface area contributed by atoms with Gasteiger partial charge >= 0.3 is 6.09 Å². The monoisotopic (exact) mass is 403 g/mol. The molecule has 1 aliphatic heterocycles. The molecule has 1 saturated heterocycles. The van der Waals surface area contributed by atoms with Crippen LogP contribution in [-0.4, -0.2) is 81.4 Å². The van der Waals surface area contributed by atoms with Crippen LogP contribution in [0.25, 0.3) is 0 Å². The molecule has 1 heterocycles. The quantitative estimate of drug-likeness (QED) is 0.760. The van der Waals surface area contributed by atoms with Crippen molar-refractivity contribution < 1.29 is 22.7 Å². The number of ether oxygens (including phenoxy) is 1. The molecule has 1 aliphatic rings. The van der Waals surface area contributed by atoms with Gasteiger partial charge < -0.3 is 14.5 Å². The predicted octanol–water partition coefficient (Wildman–Crippen LogP) is 1.50. The molecule has 1 aromatic rings. The van der Waals surface area contributed by atoms with Crippen molar-refractivity contribution in [2.75, 3.05) is 46.9 Å². The highest BCUT2D eigenvalue weighted by molar-refractivity contribution is 7.89. The Hall–Kier alpha value is -1.84. The van der Waals surface area contributed by atoms with Gasteiger partial charge in [-0.2, -0.15) is 0 Å². The number of carbonyl (C=O) groups is 2. The van der Waals surface area contributed by atoms with Crippen molar-refractivity contribution in [3.63, 3.8) is 0 Å². The van der Waals surface area contributed by atoms with Crippen LogP contribution in [0.3, 0.4) is 0 Å². The minimum absolute atomic E-state index is 0.000379. The zero-order valence-electron chi connectivity index (χ0n) is 14.9. The van der Waals surface area contributed by atoms with Crippen molar-refractivity contribution in [3.8, 4) is 0 Å². The maximum Gasteiger partial charge on any atom is 0.409 e. The van der Waals surface area contributed by atoms with Gasteiger partial charge in [0.15, 0.2) is 0 Å². The van der Waals surface area contributed by atoms with Crippen LogP contribution in [0.4, 0.5) is 4.79 Å². The van der Waals surface area contributed by atoms with Gasteiger partial charge in [0.05, 0.1) is 22.1 Å². The molecule has 0 unspecified atom stereocenters. The summed E-state index contributed by atoms with van der Waals surface area (Å²) in [5.41, 5.74) is 0.124. The molecule has 26 heavy (non-hydrogen) atoms. The maximum absolute atomic E-state index is 12.8. The van der Waals surface area contributed by atoms with Gasteiger partial charge in [-0.1, -0.05) is 11.6 Å². The molecule has 0 aliphatic carbocycles. The molecule has 2 amide bonds. The zero-order chi connectivity index (χ0) is 19.5. The molecule has 10 heteroatoms. The first-order chi connectivity index (χ1) is 12.2. The summed E-state index contributed by atoms with van der Waals surface area (Å²) in [7, 11) is -0.839. The van der Waals surface area contributed by atoms with Crippen LogP contribution < -0.4 is 0 Å². The number of nitrogens with zero attached hydrogens (tertiary/aromatic N) is 3. The van der Waals surface area contributed by atoms with Gasteiger partial charge in [-0.05, 0) is 25.1 Å². The average Bonchev–Trinajstić information content (AvgIpc) is 2.61. The Morgan fingerprint density at radius 1 is 1.15 bits per heavy atom. The van der Waals surface area contributed by atoms with Gasteiger partial charge in [0.2, 0.25) is 10.0 Å². The topological polar surface area (TPSA) is 87.2 Å². The molecule has 0 N–H and O–H groups in total. The number of halogens is 1. The predicted molar refractivity (Wildman–Crippen MR) is 96.8 cm³/mol. The van der Waals surface area contributed by atoms with Crippen LogP contribution in [0.1, 0.15) is 17.3 Å². The first-order valence-electron chi connectivity index (χ1n) is 8.11. The van der Waals surface area contributed by atoms with E-state index in [0.717, 1.165) is 4.31 Å². The summed E-state index contributed by atoms with van der Waals surface area (Å²) < 4.78 is 30.6. The number of hydrogen-bond acceptors (Lipinski definition) is 5. The fourth-order valence-corrected chi connectivity index (χ4v) is 3.64. The maximum atomic E-state index is 12.8. The molecule has 8 nitrogen and oxygen atoms in total. The lowest BCUT2D eigenvalue weighted by Gasteiger charge is -2.34. The number of amides is 2. The Balaban J connectivity index is 2.17. The lowest BCUT2D eigenvalue weighted by atomic mass is 10.2. The van der Waals surface area contributed by atoms with Gasteiger partial charge in [-0.3, -0.25) is 4.79 Å². The molecule has 0 spiro atoms. The molecule has 0 bridgehead atoms. The first-order valence-corrected chi connectivity index (χ1v) is 9.93. The van der Waals surface area contributed by atoms with E-state index in [1.165, 1.54) is 37.2 Å². The third kappa shape index (κ3) is 4.28. The second-order valence-electron chi connectivity index (χ2n) is 5.91. The largest absolute Gasteiger partial charge is 0.450 e. The van der Waals surface area contributed by atoms with Crippen LogP contribution in [0, 0.1) is 0 Å². The van der Waals surface area contributed by atoms with Crippen LogP contribution in [0.15, 0.2) is 23.1 Å². The first kappa shape index (κ1) is 20.5. The molecule has 0 radical (unpaired) electrons. The van der Waals surface area contributed by atoms with Crippen molar-refractivity contribution >= 4 is 33.6 Å². The number of piperazine rings is 1. The lowest BCUT2D eigenvalue weighted by molar-refractivity contribution is 0.0570. The van der Waals surface area contributed by atoms with E-state index in [9.17, 15) is 18.0 Å². The molecule has 2 rings (SSSR count). The van der Waals surface area contributed by atoms with Gasteiger partial charge in [0.1, 0.15) is 0 Å². The van der Waals surface area contributed by atoms with Crippen LogP contribution in [0.2, 0.25) is 5.02 Å². The van der Waals surface area contributed by atoms with E-state index in [-0.39, 0.29) is 21.4 Å². The normalized spacial score (nSPS) is 15.3. The van der Waals surface area contributed by atoms with Crippen molar-refractivity contribution in [2.45, 2.75) is 11.8 Å². The second kappa shape index (κ2) is 8.24. The summed E-state index contributed by atoms with van der Waals surface area (Å²) in [4.78, 5) is 27.6. The van der Waals surface area contributed by atoms with Gasteiger partial charge in [0, 0.05) is 40.3 Å². The Morgan fingerprint density at radius 3 is 2.27 bits per heavy atom. The Kier molecular flexibility index (Phi) is 6.48. The summed E-state index contributed by atoms with van der Waals surface area (Å²) in [5, 5.41) is 0.181. The minimum atomic E-state index is -3.67. The van der Waals surface area contributed by atoms with E-state index >= 15 is 0 Å². The van der Waals surface area contributed by atoms with Gasteiger partial charge in [-0.15, -0.1) is 0 Å². The molecular weight excluding hydrogens is 382 g/mol. The Labute approximate surface area is 158 Å². The van der Waals surface area contributed by atoms with Crippen LogP contribution >= 0.6 is 11.6 Å². The third-order valence-electron chi connectivity index (χ3n) is 4.04. The molecule has 144 valence electrons. The standard InChI is InChI=1S/C16H22ClN3O5S/c1-4-25-16(22)20-9-7-19(8-10-20)15(21)13-11-12(5-6-14(13)17)26(23,24)18(2)3/h5-6,11H,4,7-10H2,1-3H3. The second-order valence-corrected chi connectivity index (χ2v) is 8.47. The SMILES string of the molecule is CCOC(=O)N1CCN(C(=O)c2cc(S(=O)(=O)N(C)C)ccc2Cl)CC1. The van der Waals surface area contributed by atoms with E-state index in [0.29, 0.717) is 32.8 Å². The summed E-state index contributed by atoms with van der Waals surface area (Å²) >= 11 is 6.12. The van der Waals surface area contributed by atoms with Crippen molar-refractivity contribution in [2.24, 2.45) is 0 Å². The molecule has 0 aromatic heterocycles.